The molecule has 1 heterocycles. The summed E-state index contributed by atoms with van der Waals surface area (Å²) in [4.78, 5) is 24.3. The molecule has 1 aromatic carbocycles. The van der Waals surface area contributed by atoms with E-state index in [2.05, 4.69) is 15.9 Å². The second-order valence-corrected chi connectivity index (χ2v) is 5.67. The molecule has 1 aromatic rings. The Morgan fingerprint density at radius 2 is 2.15 bits per heavy atom. The number of hydrogen-bond acceptors (Lipinski definition) is 5. The van der Waals surface area contributed by atoms with Crippen molar-refractivity contribution in [3.63, 3.8) is 0 Å². The molecule has 0 unspecified atom stereocenters. The van der Waals surface area contributed by atoms with Gasteiger partial charge in [-0.15, -0.1) is 0 Å². The Morgan fingerprint density at radius 1 is 1.50 bits per heavy atom. The van der Waals surface area contributed by atoms with Crippen LogP contribution in [-0.4, -0.2) is 35.3 Å². The lowest BCUT2D eigenvalue weighted by atomic mass is 10.1. The van der Waals surface area contributed by atoms with E-state index in [9.17, 15) is 19.1 Å². The molecule has 1 saturated heterocycles. The van der Waals surface area contributed by atoms with Crippen LogP contribution in [0.15, 0.2) is 15.4 Å². The second-order valence-electron chi connectivity index (χ2n) is 3.89. The standard InChI is InChI=1S/C12H9BrFNO4S/c1-15-11(17)7(20-12(15)18)4-5-3-6(19-2)10(16)9(14)8(5)13/h3-4,16H,1-2H3/b7-4-. The van der Waals surface area contributed by atoms with E-state index in [-0.39, 0.29) is 20.7 Å². The van der Waals surface area contributed by atoms with Crippen LogP contribution >= 0.6 is 27.7 Å². The summed E-state index contributed by atoms with van der Waals surface area (Å²) in [5.74, 6) is -2.04. The first-order valence-corrected chi connectivity index (χ1v) is 6.94. The van der Waals surface area contributed by atoms with Crippen LogP contribution in [0.2, 0.25) is 0 Å². The Hall–Kier alpha value is -1.54. The van der Waals surface area contributed by atoms with Gasteiger partial charge >= 0.3 is 0 Å². The van der Waals surface area contributed by atoms with Gasteiger partial charge in [-0.25, -0.2) is 4.39 Å². The molecule has 0 bridgehead atoms. The molecule has 0 saturated carbocycles. The summed E-state index contributed by atoms with van der Waals surface area (Å²) in [6, 6.07) is 1.37. The van der Waals surface area contributed by atoms with E-state index >= 15 is 0 Å². The number of hydrogen-bond donors (Lipinski definition) is 1. The largest absolute Gasteiger partial charge is 0.502 e. The van der Waals surface area contributed by atoms with Crippen LogP contribution < -0.4 is 4.74 Å². The van der Waals surface area contributed by atoms with E-state index in [1.165, 1.54) is 26.3 Å². The predicted octanol–water partition coefficient (Wildman–Crippen LogP) is 2.97. The lowest BCUT2D eigenvalue weighted by Gasteiger charge is -2.08. The fourth-order valence-corrected chi connectivity index (χ4v) is 2.79. The molecular weight excluding hydrogens is 353 g/mol. The zero-order valence-corrected chi connectivity index (χ0v) is 12.8. The van der Waals surface area contributed by atoms with Crippen molar-refractivity contribution in [3.05, 3.63) is 26.8 Å². The number of rotatable bonds is 2. The third-order valence-electron chi connectivity index (χ3n) is 2.67. The Balaban J connectivity index is 2.52. The van der Waals surface area contributed by atoms with E-state index in [1.807, 2.05) is 0 Å². The van der Waals surface area contributed by atoms with Crippen molar-refractivity contribution >= 4 is 44.9 Å². The van der Waals surface area contributed by atoms with Crippen molar-refractivity contribution < 1.29 is 23.8 Å². The van der Waals surface area contributed by atoms with Crippen molar-refractivity contribution in [2.75, 3.05) is 14.2 Å². The van der Waals surface area contributed by atoms with Crippen molar-refractivity contribution in [3.8, 4) is 11.5 Å². The first-order chi connectivity index (χ1) is 9.36. The third-order valence-corrected chi connectivity index (χ3v) is 4.43. The van der Waals surface area contributed by atoms with Crippen molar-refractivity contribution in [2.24, 2.45) is 0 Å². The average molecular weight is 362 g/mol. The minimum atomic E-state index is -0.897. The smallest absolute Gasteiger partial charge is 0.293 e. The van der Waals surface area contributed by atoms with Gasteiger partial charge in [0.25, 0.3) is 11.1 Å². The first kappa shape index (κ1) is 14.9. The Kier molecular flexibility index (Phi) is 4.05. The summed E-state index contributed by atoms with van der Waals surface area (Å²) in [5, 5.41) is 9.12. The topological polar surface area (TPSA) is 66.8 Å². The highest BCUT2D eigenvalue weighted by atomic mass is 79.9. The van der Waals surface area contributed by atoms with Gasteiger partial charge in [0.1, 0.15) is 0 Å². The number of methoxy groups -OCH3 is 1. The minimum absolute atomic E-state index is 0.0151. The molecule has 20 heavy (non-hydrogen) atoms. The fraction of sp³-hybridized carbons (Fsp3) is 0.167. The van der Waals surface area contributed by atoms with Crippen LogP contribution in [0.25, 0.3) is 6.08 Å². The Bertz CT molecular complexity index is 647. The number of ether oxygens (including phenoxy) is 1. The van der Waals surface area contributed by atoms with Gasteiger partial charge in [-0.2, -0.15) is 0 Å². The maximum absolute atomic E-state index is 13.8. The molecule has 2 amide bonds. The second kappa shape index (κ2) is 5.45. The van der Waals surface area contributed by atoms with Crippen LogP contribution in [-0.2, 0) is 4.79 Å². The van der Waals surface area contributed by atoms with Gasteiger partial charge in [0, 0.05) is 7.05 Å². The van der Waals surface area contributed by atoms with Crippen molar-refractivity contribution in [2.45, 2.75) is 0 Å². The molecule has 1 N–H and O–H groups in total. The number of aromatic hydroxyl groups is 1. The average Bonchev–Trinajstić information content (AvgIpc) is 2.67. The molecular formula is C12H9BrFNO4S. The number of imide groups is 1. The molecule has 5 nitrogen and oxygen atoms in total. The normalized spacial score (nSPS) is 17.2. The minimum Gasteiger partial charge on any atom is -0.502 e. The number of benzene rings is 1. The van der Waals surface area contributed by atoms with E-state index in [4.69, 9.17) is 4.74 Å². The molecule has 8 heteroatoms. The van der Waals surface area contributed by atoms with Gasteiger partial charge in [0.05, 0.1) is 16.5 Å². The fourth-order valence-electron chi connectivity index (χ4n) is 1.56. The van der Waals surface area contributed by atoms with E-state index in [1.54, 1.807) is 0 Å². The predicted molar refractivity (Wildman–Crippen MR) is 76.1 cm³/mol. The summed E-state index contributed by atoms with van der Waals surface area (Å²) in [7, 11) is 2.65. The highest BCUT2D eigenvalue weighted by molar-refractivity contribution is 9.10. The number of nitrogens with zero attached hydrogens (tertiary/aromatic N) is 1. The molecule has 2 rings (SSSR count). The van der Waals surface area contributed by atoms with Gasteiger partial charge in [-0.3, -0.25) is 14.5 Å². The van der Waals surface area contributed by atoms with Crippen LogP contribution in [0, 0.1) is 5.82 Å². The zero-order chi connectivity index (χ0) is 15.0. The monoisotopic (exact) mass is 361 g/mol. The summed E-state index contributed by atoms with van der Waals surface area (Å²) in [6.45, 7) is 0. The molecule has 0 aliphatic carbocycles. The molecule has 0 aromatic heterocycles. The summed E-state index contributed by atoms with van der Waals surface area (Å²) < 4.78 is 18.6. The number of phenols is 1. The number of likely N-dealkylation sites (N-methyl/N-ethyl adjacent to an activating group) is 1. The zero-order valence-electron chi connectivity index (χ0n) is 10.4. The highest BCUT2D eigenvalue weighted by Gasteiger charge is 2.32. The number of thioether (sulfide) groups is 1. The molecule has 106 valence electrons. The molecule has 1 aliphatic heterocycles. The summed E-state index contributed by atoms with van der Waals surface area (Å²) >= 11 is 3.76. The van der Waals surface area contributed by atoms with Crippen LogP contribution in [0.1, 0.15) is 5.56 Å². The third kappa shape index (κ3) is 2.40. The summed E-state index contributed by atoms with van der Waals surface area (Å²) in [6.07, 6.45) is 1.36. The maximum atomic E-state index is 13.8. The molecule has 1 aliphatic rings. The number of carbonyl (C=O) groups excluding carboxylic acids is 2. The highest BCUT2D eigenvalue weighted by Crippen LogP contribution is 2.39. The number of halogens is 2. The maximum Gasteiger partial charge on any atom is 0.293 e. The molecule has 0 spiro atoms. The quantitative estimate of drug-likeness (QED) is 0.820. The lowest BCUT2D eigenvalue weighted by molar-refractivity contribution is -0.121. The summed E-state index contributed by atoms with van der Waals surface area (Å²) in [5.41, 5.74) is 0.288. The SMILES string of the molecule is COc1cc(/C=C2\SC(=O)N(C)C2=O)c(Br)c(F)c1O. The Labute approximate surface area is 126 Å². The molecule has 0 atom stereocenters. The number of amides is 2. The van der Waals surface area contributed by atoms with Gasteiger partial charge < -0.3 is 9.84 Å². The van der Waals surface area contributed by atoms with Crippen molar-refractivity contribution in [1.82, 2.24) is 4.90 Å². The van der Waals surface area contributed by atoms with Gasteiger partial charge in [-0.1, -0.05) is 0 Å². The van der Waals surface area contributed by atoms with Gasteiger partial charge in [0.2, 0.25) is 0 Å². The first-order valence-electron chi connectivity index (χ1n) is 5.33. The molecule has 1 fully saturated rings. The van der Waals surface area contributed by atoms with E-state index in [0.717, 1.165) is 16.7 Å². The van der Waals surface area contributed by atoms with Crippen LogP contribution in [0.4, 0.5) is 9.18 Å². The Morgan fingerprint density at radius 3 is 2.65 bits per heavy atom. The van der Waals surface area contributed by atoms with Gasteiger partial charge in [0.15, 0.2) is 17.3 Å². The van der Waals surface area contributed by atoms with Crippen LogP contribution in [0.3, 0.4) is 0 Å². The van der Waals surface area contributed by atoms with Crippen molar-refractivity contribution in [1.29, 1.82) is 0 Å². The van der Waals surface area contributed by atoms with E-state index in [0.29, 0.717) is 0 Å². The lowest BCUT2D eigenvalue weighted by Crippen LogP contribution is -2.22. The van der Waals surface area contributed by atoms with E-state index < -0.39 is 22.7 Å². The van der Waals surface area contributed by atoms with Crippen LogP contribution in [0.5, 0.6) is 11.5 Å². The molecule has 0 radical (unpaired) electrons. The van der Waals surface area contributed by atoms with Gasteiger partial charge in [-0.05, 0) is 45.4 Å². The number of carbonyl (C=O) groups is 2. The number of phenolic OH excluding ortho intramolecular Hbond substituents is 1.